The second-order valence-corrected chi connectivity index (χ2v) is 8.52. The molecular weight excluding hydrogens is 588 g/mol. The fraction of sp³-hybridized carbons (Fsp3) is 0.263. The molecule has 0 saturated heterocycles. The standard InChI is InChI=1S/C19H19I2N3O4/c1-11(2)28-19-14(20)5-12(6-15(19)21)8-23-24-18(25)9-22-13-3-4-16-17(7-13)27-10-26-16/h3-8,11,22H,9-10H2,1-2H3,(H,24,25)/b23-8-. The summed E-state index contributed by atoms with van der Waals surface area (Å²) >= 11 is 4.47. The number of carbonyl (C=O) groups is 1. The second-order valence-electron chi connectivity index (χ2n) is 6.20. The minimum atomic E-state index is -0.252. The molecule has 0 atom stereocenters. The van der Waals surface area contributed by atoms with Crippen LogP contribution in [-0.4, -0.2) is 31.6 Å². The Hall–Kier alpha value is -1.76. The molecule has 1 heterocycles. The molecular formula is C19H19I2N3O4. The van der Waals surface area contributed by atoms with Crippen LogP contribution in [-0.2, 0) is 4.79 Å². The molecule has 0 aromatic heterocycles. The van der Waals surface area contributed by atoms with Gasteiger partial charge in [0.05, 0.1) is 26.0 Å². The Labute approximate surface area is 190 Å². The summed E-state index contributed by atoms with van der Waals surface area (Å²) in [7, 11) is 0. The van der Waals surface area contributed by atoms with Crippen molar-refractivity contribution in [1.29, 1.82) is 0 Å². The third-order valence-corrected chi connectivity index (χ3v) is 5.21. The molecule has 7 nitrogen and oxygen atoms in total. The zero-order valence-electron chi connectivity index (χ0n) is 15.3. The highest BCUT2D eigenvalue weighted by Gasteiger charge is 2.13. The number of rotatable bonds is 7. The van der Waals surface area contributed by atoms with Crippen LogP contribution < -0.4 is 25.0 Å². The molecule has 0 radical (unpaired) electrons. The zero-order chi connectivity index (χ0) is 20.1. The van der Waals surface area contributed by atoms with Crippen LogP contribution in [0.5, 0.6) is 17.2 Å². The highest BCUT2D eigenvalue weighted by molar-refractivity contribution is 14.1. The topological polar surface area (TPSA) is 81.2 Å². The number of hydrogen-bond donors (Lipinski definition) is 2. The Kier molecular flexibility index (Phi) is 7.21. The summed E-state index contributed by atoms with van der Waals surface area (Å²) in [5.74, 6) is 1.98. The predicted octanol–water partition coefficient (Wildman–Crippen LogP) is 3.97. The van der Waals surface area contributed by atoms with E-state index < -0.39 is 0 Å². The van der Waals surface area contributed by atoms with Crippen LogP contribution in [0.4, 0.5) is 5.69 Å². The molecule has 2 aromatic rings. The highest BCUT2D eigenvalue weighted by atomic mass is 127. The summed E-state index contributed by atoms with van der Waals surface area (Å²) in [5, 5.41) is 7.05. The molecule has 0 bridgehead atoms. The largest absolute Gasteiger partial charge is 0.489 e. The van der Waals surface area contributed by atoms with E-state index >= 15 is 0 Å². The number of benzene rings is 2. The number of halogens is 2. The molecule has 1 aliphatic rings. The van der Waals surface area contributed by atoms with Crippen molar-refractivity contribution in [2.24, 2.45) is 5.10 Å². The fourth-order valence-electron chi connectivity index (χ4n) is 2.41. The number of anilines is 1. The monoisotopic (exact) mass is 607 g/mol. The zero-order valence-corrected chi connectivity index (χ0v) is 19.6. The van der Waals surface area contributed by atoms with E-state index in [1.54, 1.807) is 18.3 Å². The van der Waals surface area contributed by atoms with Gasteiger partial charge in [-0.15, -0.1) is 0 Å². The smallest absolute Gasteiger partial charge is 0.259 e. The summed E-state index contributed by atoms with van der Waals surface area (Å²) in [5.41, 5.74) is 4.17. The Balaban J connectivity index is 1.52. The van der Waals surface area contributed by atoms with Crippen LogP contribution in [0.15, 0.2) is 35.4 Å². The van der Waals surface area contributed by atoms with Gasteiger partial charge in [-0.3, -0.25) is 4.79 Å². The van der Waals surface area contributed by atoms with E-state index in [1.807, 2.05) is 32.0 Å². The van der Waals surface area contributed by atoms with Crippen LogP contribution in [0, 0.1) is 7.14 Å². The van der Waals surface area contributed by atoms with Crippen molar-refractivity contribution in [1.82, 2.24) is 5.43 Å². The summed E-state index contributed by atoms with van der Waals surface area (Å²) in [4.78, 5) is 12.0. The lowest BCUT2D eigenvalue weighted by Gasteiger charge is -2.14. The summed E-state index contributed by atoms with van der Waals surface area (Å²) in [6.07, 6.45) is 1.72. The van der Waals surface area contributed by atoms with Gasteiger partial charge < -0.3 is 19.5 Å². The van der Waals surface area contributed by atoms with Crippen LogP contribution in [0.1, 0.15) is 19.4 Å². The molecule has 0 unspecified atom stereocenters. The first-order valence-electron chi connectivity index (χ1n) is 8.53. The van der Waals surface area contributed by atoms with Crippen molar-refractivity contribution in [3.8, 4) is 17.2 Å². The first-order valence-corrected chi connectivity index (χ1v) is 10.7. The maximum atomic E-state index is 12.0. The molecule has 0 fully saturated rings. The number of hydrazone groups is 1. The van der Waals surface area contributed by atoms with Gasteiger partial charge in [-0.1, -0.05) is 0 Å². The molecule has 0 spiro atoms. The SMILES string of the molecule is CC(C)Oc1c(I)cc(/C=N\NC(=O)CNc2ccc3c(c2)OCO3)cc1I. The number of nitrogens with zero attached hydrogens (tertiary/aromatic N) is 1. The molecule has 0 saturated carbocycles. The average Bonchev–Trinajstić information content (AvgIpc) is 3.10. The van der Waals surface area contributed by atoms with Crippen LogP contribution in [0.25, 0.3) is 0 Å². The molecule has 1 amide bonds. The van der Waals surface area contributed by atoms with Gasteiger partial charge in [0.2, 0.25) is 6.79 Å². The maximum absolute atomic E-state index is 12.0. The number of hydrogen-bond acceptors (Lipinski definition) is 6. The van der Waals surface area contributed by atoms with E-state index in [1.165, 1.54) is 0 Å². The van der Waals surface area contributed by atoms with Crippen LogP contribution in [0.2, 0.25) is 0 Å². The number of ether oxygens (including phenoxy) is 3. The summed E-state index contributed by atoms with van der Waals surface area (Å²) < 4.78 is 18.4. The Bertz CT molecular complexity index is 880. The third-order valence-electron chi connectivity index (χ3n) is 3.60. The molecule has 2 aromatic carbocycles. The van der Waals surface area contributed by atoms with Gasteiger partial charge in [0.15, 0.2) is 11.5 Å². The van der Waals surface area contributed by atoms with Crippen molar-refractivity contribution in [3.05, 3.63) is 43.0 Å². The number of fused-ring (bicyclic) bond motifs is 1. The first kappa shape index (κ1) is 21.0. The lowest BCUT2D eigenvalue weighted by molar-refractivity contribution is -0.119. The van der Waals surface area contributed by atoms with Crippen molar-refractivity contribution in [2.75, 3.05) is 18.7 Å². The quantitative estimate of drug-likeness (QED) is 0.283. The minimum Gasteiger partial charge on any atom is -0.489 e. The van der Waals surface area contributed by atoms with Crippen molar-refractivity contribution < 1.29 is 19.0 Å². The molecule has 2 N–H and O–H groups in total. The van der Waals surface area contributed by atoms with Crippen molar-refractivity contribution in [2.45, 2.75) is 20.0 Å². The first-order chi connectivity index (χ1) is 13.4. The molecule has 9 heteroatoms. The van der Waals surface area contributed by atoms with Gasteiger partial charge in [-0.25, -0.2) is 5.43 Å². The van der Waals surface area contributed by atoms with Gasteiger partial charge in [0.1, 0.15) is 5.75 Å². The summed E-state index contributed by atoms with van der Waals surface area (Å²) in [6, 6.07) is 9.34. The molecule has 3 rings (SSSR count). The molecule has 148 valence electrons. The van der Waals surface area contributed by atoms with Gasteiger partial charge >= 0.3 is 0 Å². The maximum Gasteiger partial charge on any atom is 0.259 e. The van der Waals surface area contributed by atoms with Gasteiger partial charge in [-0.05, 0) is 88.9 Å². The van der Waals surface area contributed by atoms with Gasteiger partial charge in [0.25, 0.3) is 5.91 Å². The lowest BCUT2D eigenvalue weighted by atomic mass is 10.2. The van der Waals surface area contributed by atoms with Gasteiger partial charge in [0, 0.05) is 11.8 Å². The van der Waals surface area contributed by atoms with Crippen molar-refractivity contribution in [3.63, 3.8) is 0 Å². The van der Waals surface area contributed by atoms with E-state index in [4.69, 9.17) is 14.2 Å². The number of carbonyl (C=O) groups excluding carboxylic acids is 1. The van der Waals surface area contributed by atoms with Crippen LogP contribution in [0.3, 0.4) is 0 Å². The number of nitrogens with one attached hydrogen (secondary N) is 2. The molecule has 1 aliphatic heterocycles. The third kappa shape index (κ3) is 5.63. The second kappa shape index (κ2) is 9.63. The molecule has 0 aliphatic carbocycles. The van der Waals surface area contributed by atoms with E-state index in [0.717, 1.165) is 24.1 Å². The van der Waals surface area contributed by atoms with E-state index in [-0.39, 0.29) is 25.3 Å². The summed E-state index contributed by atoms with van der Waals surface area (Å²) in [6.45, 7) is 4.30. The average molecular weight is 607 g/mol. The predicted molar refractivity (Wildman–Crippen MR) is 124 cm³/mol. The van der Waals surface area contributed by atoms with Gasteiger partial charge in [-0.2, -0.15) is 5.10 Å². The van der Waals surface area contributed by atoms with Crippen LogP contribution >= 0.6 is 45.2 Å². The molecule has 28 heavy (non-hydrogen) atoms. The number of amides is 1. The normalized spacial score (nSPS) is 12.5. The Morgan fingerprint density at radius 3 is 2.64 bits per heavy atom. The minimum absolute atomic E-state index is 0.0905. The highest BCUT2D eigenvalue weighted by Crippen LogP contribution is 2.34. The Morgan fingerprint density at radius 2 is 1.93 bits per heavy atom. The van der Waals surface area contributed by atoms with E-state index in [9.17, 15) is 4.79 Å². The Morgan fingerprint density at radius 1 is 1.21 bits per heavy atom. The fourth-order valence-corrected chi connectivity index (χ4v) is 4.48. The van der Waals surface area contributed by atoms with E-state index in [2.05, 4.69) is 61.0 Å². The lowest BCUT2D eigenvalue weighted by Crippen LogP contribution is -2.25. The van der Waals surface area contributed by atoms with E-state index in [0.29, 0.717) is 11.5 Å². The van der Waals surface area contributed by atoms with Crippen molar-refractivity contribution >= 4 is 63.0 Å².